The van der Waals surface area contributed by atoms with Crippen LogP contribution in [0.3, 0.4) is 0 Å². The second kappa shape index (κ2) is 9.61. The molecule has 0 aliphatic heterocycles. The molecule has 28 heavy (non-hydrogen) atoms. The molecular formula is C21H27N3O3S. The summed E-state index contributed by atoms with van der Waals surface area (Å²) in [4.78, 5) is 12.4. The van der Waals surface area contributed by atoms with Crippen LogP contribution < -0.4 is 5.43 Å². The average Bonchev–Trinajstić information content (AvgIpc) is 2.69. The molecule has 2 aromatic carbocycles. The summed E-state index contributed by atoms with van der Waals surface area (Å²) in [7, 11) is -3.62. The highest BCUT2D eigenvalue weighted by atomic mass is 32.2. The van der Waals surface area contributed by atoms with E-state index in [4.69, 9.17) is 0 Å². The molecule has 0 unspecified atom stereocenters. The molecular weight excluding hydrogens is 374 g/mol. The van der Waals surface area contributed by atoms with E-state index in [-0.39, 0.29) is 10.5 Å². The Balaban J connectivity index is 2.10. The topological polar surface area (TPSA) is 78.8 Å². The van der Waals surface area contributed by atoms with Crippen LogP contribution in [-0.4, -0.2) is 37.9 Å². The van der Waals surface area contributed by atoms with Crippen molar-refractivity contribution in [2.45, 2.75) is 38.5 Å². The molecule has 0 fully saturated rings. The van der Waals surface area contributed by atoms with Gasteiger partial charge in [-0.2, -0.15) is 9.41 Å². The Morgan fingerprint density at radius 1 is 1.11 bits per heavy atom. The highest BCUT2D eigenvalue weighted by Gasteiger charge is 2.22. The number of amides is 1. The maximum absolute atomic E-state index is 12.6. The van der Waals surface area contributed by atoms with E-state index in [1.165, 1.54) is 22.0 Å². The van der Waals surface area contributed by atoms with E-state index in [1.807, 2.05) is 24.3 Å². The molecule has 2 aromatic rings. The first-order chi connectivity index (χ1) is 13.3. The fourth-order valence-corrected chi connectivity index (χ4v) is 4.21. The zero-order valence-corrected chi connectivity index (χ0v) is 17.5. The third-order valence-electron chi connectivity index (χ3n) is 4.42. The van der Waals surface area contributed by atoms with Crippen LogP contribution in [0.15, 0.2) is 58.5 Å². The normalized spacial score (nSPS) is 12.1. The third kappa shape index (κ3) is 5.27. The van der Waals surface area contributed by atoms with Crippen molar-refractivity contribution in [3.63, 3.8) is 0 Å². The first kappa shape index (κ1) is 21.8. The molecule has 0 aliphatic rings. The van der Waals surface area contributed by atoms with E-state index in [2.05, 4.69) is 24.4 Å². The average molecular weight is 402 g/mol. The number of carbonyl (C=O) groups excluding carboxylic acids is 1. The SMILES string of the molecule is CCN(CC)S(=O)(=O)c1cccc(C(=O)N/N=C/c2ccc(C(C)C)cc2)c1. The standard InChI is InChI=1S/C21H27N3O3S/c1-5-24(6-2)28(26,27)20-9-7-8-19(14-20)21(25)23-22-15-17-10-12-18(13-11-17)16(3)4/h7-16H,5-6H2,1-4H3,(H,23,25)/b22-15+. The second-order valence-corrected chi connectivity index (χ2v) is 8.58. The minimum absolute atomic E-state index is 0.0945. The van der Waals surface area contributed by atoms with E-state index in [0.29, 0.717) is 19.0 Å². The van der Waals surface area contributed by atoms with Crippen molar-refractivity contribution in [3.05, 3.63) is 65.2 Å². The van der Waals surface area contributed by atoms with E-state index in [1.54, 1.807) is 32.2 Å². The lowest BCUT2D eigenvalue weighted by Crippen LogP contribution is -2.30. The van der Waals surface area contributed by atoms with Gasteiger partial charge in [0, 0.05) is 18.7 Å². The Bertz CT molecular complexity index is 932. The summed E-state index contributed by atoms with van der Waals surface area (Å²) in [6.45, 7) is 8.54. The molecule has 1 N–H and O–H groups in total. The number of benzene rings is 2. The van der Waals surface area contributed by atoms with E-state index >= 15 is 0 Å². The Kier molecular flexibility index (Phi) is 7.48. The number of hydrazone groups is 1. The van der Waals surface area contributed by atoms with Crippen molar-refractivity contribution in [3.8, 4) is 0 Å². The molecule has 0 atom stereocenters. The Hall–Kier alpha value is -2.51. The number of nitrogens with zero attached hydrogens (tertiary/aromatic N) is 2. The van der Waals surface area contributed by atoms with Gasteiger partial charge in [0.05, 0.1) is 11.1 Å². The highest BCUT2D eigenvalue weighted by Crippen LogP contribution is 2.17. The molecule has 0 radical (unpaired) electrons. The predicted octanol–water partition coefficient (Wildman–Crippen LogP) is 3.60. The summed E-state index contributed by atoms with van der Waals surface area (Å²) >= 11 is 0. The van der Waals surface area contributed by atoms with Crippen molar-refractivity contribution in [1.82, 2.24) is 9.73 Å². The van der Waals surface area contributed by atoms with Crippen molar-refractivity contribution < 1.29 is 13.2 Å². The van der Waals surface area contributed by atoms with Gasteiger partial charge in [-0.05, 0) is 35.2 Å². The molecule has 0 saturated carbocycles. The molecule has 1 amide bonds. The first-order valence-electron chi connectivity index (χ1n) is 9.33. The van der Waals surface area contributed by atoms with Gasteiger partial charge in [-0.1, -0.05) is 58.0 Å². The first-order valence-corrected chi connectivity index (χ1v) is 10.8. The maximum Gasteiger partial charge on any atom is 0.271 e. The molecule has 2 rings (SSSR count). The number of sulfonamides is 1. The van der Waals surface area contributed by atoms with Gasteiger partial charge in [-0.3, -0.25) is 4.79 Å². The summed E-state index contributed by atoms with van der Waals surface area (Å²) in [6, 6.07) is 13.9. The summed E-state index contributed by atoms with van der Waals surface area (Å²) in [6.07, 6.45) is 1.55. The predicted molar refractivity (Wildman–Crippen MR) is 112 cm³/mol. The van der Waals surface area contributed by atoms with Crippen LogP contribution in [0.1, 0.15) is 55.1 Å². The van der Waals surface area contributed by atoms with Gasteiger partial charge in [0.15, 0.2) is 0 Å². The molecule has 7 heteroatoms. The van der Waals surface area contributed by atoms with Crippen LogP contribution in [0.4, 0.5) is 0 Å². The lowest BCUT2D eigenvalue weighted by Gasteiger charge is -2.18. The maximum atomic E-state index is 12.6. The minimum atomic E-state index is -3.62. The lowest BCUT2D eigenvalue weighted by molar-refractivity contribution is 0.0955. The van der Waals surface area contributed by atoms with Gasteiger partial charge < -0.3 is 0 Å². The van der Waals surface area contributed by atoms with Crippen LogP contribution in [0.25, 0.3) is 0 Å². The van der Waals surface area contributed by atoms with Gasteiger partial charge in [-0.15, -0.1) is 0 Å². The Morgan fingerprint density at radius 3 is 2.32 bits per heavy atom. The summed E-state index contributed by atoms with van der Waals surface area (Å²) in [5.41, 5.74) is 4.77. The van der Waals surface area contributed by atoms with Crippen LogP contribution >= 0.6 is 0 Å². The van der Waals surface area contributed by atoms with Crippen LogP contribution in [0.2, 0.25) is 0 Å². The quantitative estimate of drug-likeness (QED) is 0.542. The fourth-order valence-electron chi connectivity index (χ4n) is 2.71. The number of nitrogens with one attached hydrogen (secondary N) is 1. The highest BCUT2D eigenvalue weighted by molar-refractivity contribution is 7.89. The summed E-state index contributed by atoms with van der Waals surface area (Å²) < 4.78 is 26.6. The second-order valence-electron chi connectivity index (χ2n) is 6.64. The fraction of sp³-hybridized carbons (Fsp3) is 0.333. The molecule has 0 spiro atoms. The smallest absolute Gasteiger partial charge is 0.267 e. The van der Waals surface area contributed by atoms with Crippen molar-refractivity contribution in [2.75, 3.05) is 13.1 Å². The number of carbonyl (C=O) groups is 1. The van der Waals surface area contributed by atoms with Gasteiger partial charge in [0.1, 0.15) is 0 Å². The Morgan fingerprint density at radius 2 is 1.75 bits per heavy atom. The van der Waals surface area contributed by atoms with Crippen molar-refractivity contribution >= 4 is 22.1 Å². The minimum Gasteiger partial charge on any atom is -0.267 e. The molecule has 0 aliphatic carbocycles. The van der Waals surface area contributed by atoms with E-state index in [0.717, 1.165) is 5.56 Å². The molecule has 0 aromatic heterocycles. The van der Waals surface area contributed by atoms with Gasteiger partial charge in [0.25, 0.3) is 5.91 Å². The van der Waals surface area contributed by atoms with Crippen LogP contribution in [-0.2, 0) is 10.0 Å². The van der Waals surface area contributed by atoms with E-state index in [9.17, 15) is 13.2 Å². The Labute approximate surface area is 167 Å². The number of rotatable bonds is 8. The third-order valence-corrected chi connectivity index (χ3v) is 6.47. The van der Waals surface area contributed by atoms with Crippen molar-refractivity contribution in [1.29, 1.82) is 0 Å². The molecule has 150 valence electrons. The zero-order chi connectivity index (χ0) is 20.7. The van der Waals surface area contributed by atoms with Crippen LogP contribution in [0, 0.1) is 0 Å². The molecule has 6 nitrogen and oxygen atoms in total. The summed E-state index contributed by atoms with van der Waals surface area (Å²) in [5.74, 6) is -0.0164. The van der Waals surface area contributed by atoms with Gasteiger partial charge >= 0.3 is 0 Å². The number of hydrogen-bond acceptors (Lipinski definition) is 4. The van der Waals surface area contributed by atoms with Crippen LogP contribution in [0.5, 0.6) is 0 Å². The van der Waals surface area contributed by atoms with E-state index < -0.39 is 15.9 Å². The van der Waals surface area contributed by atoms with Crippen molar-refractivity contribution in [2.24, 2.45) is 5.10 Å². The molecule has 0 bridgehead atoms. The number of hydrogen-bond donors (Lipinski definition) is 1. The molecule has 0 saturated heterocycles. The lowest BCUT2D eigenvalue weighted by atomic mass is 10.0. The largest absolute Gasteiger partial charge is 0.271 e. The molecule has 0 heterocycles. The summed E-state index contributed by atoms with van der Waals surface area (Å²) in [5, 5.41) is 3.97. The van der Waals surface area contributed by atoms with Gasteiger partial charge in [-0.25, -0.2) is 13.8 Å². The van der Waals surface area contributed by atoms with Gasteiger partial charge in [0.2, 0.25) is 10.0 Å². The zero-order valence-electron chi connectivity index (χ0n) is 16.7. The monoisotopic (exact) mass is 401 g/mol.